The second-order valence-corrected chi connectivity index (χ2v) is 10.9. The molecule has 3 atom stereocenters. The third kappa shape index (κ3) is 5.39. The molecule has 2 heterocycles. The molecule has 3 aliphatic rings. The van der Waals surface area contributed by atoms with Crippen LogP contribution in [-0.4, -0.2) is 48.9 Å². The predicted molar refractivity (Wildman–Crippen MR) is 142 cm³/mol. The summed E-state index contributed by atoms with van der Waals surface area (Å²) in [6.45, 7) is 7.03. The number of hydrogen-bond donors (Lipinski definition) is 1. The van der Waals surface area contributed by atoms with Crippen molar-refractivity contribution in [3.05, 3.63) is 59.2 Å². The zero-order chi connectivity index (χ0) is 25.3. The smallest absolute Gasteiger partial charge is 0.254 e. The standard InChI is InChI=1S/C30H38N2O4/c1-20(14-21-10-6-5-7-11-21)18-32(19-24-15-22-12-8-9-13-25(22)31-24)29(33)23-16-26(34-4)28-27(17-23)35-30(2,3)36-28/h5-7,10-11,14,16-17,22,24-25,31H,8-9,12-13,15,18-19H2,1-4H3/b20-14+/t22-,24-,25-/m0/s1. The molecule has 2 aromatic carbocycles. The van der Waals surface area contributed by atoms with Crippen molar-refractivity contribution in [3.8, 4) is 17.2 Å². The number of ether oxygens (including phenoxy) is 3. The average Bonchev–Trinajstić information content (AvgIpc) is 3.41. The number of rotatable bonds is 7. The quantitative estimate of drug-likeness (QED) is 0.542. The number of carbonyl (C=O) groups is 1. The highest BCUT2D eigenvalue weighted by Gasteiger charge is 2.38. The molecule has 192 valence electrons. The molecule has 1 amide bonds. The van der Waals surface area contributed by atoms with E-state index < -0.39 is 5.79 Å². The second kappa shape index (κ2) is 10.2. The van der Waals surface area contributed by atoms with Gasteiger partial charge in [-0.3, -0.25) is 4.79 Å². The molecule has 2 aliphatic heterocycles. The maximum Gasteiger partial charge on any atom is 0.254 e. The number of methoxy groups -OCH3 is 1. The second-order valence-electron chi connectivity index (χ2n) is 10.9. The third-order valence-corrected chi connectivity index (χ3v) is 7.52. The first-order chi connectivity index (χ1) is 17.3. The molecule has 1 aliphatic carbocycles. The lowest BCUT2D eigenvalue weighted by molar-refractivity contribution is -0.0439. The Bertz CT molecular complexity index is 1110. The minimum atomic E-state index is -0.796. The summed E-state index contributed by atoms with van der Waals surface area (Å²) in [6.07, 6.45) is 8.46. The summed E-state index contributed by atoms with van der Waals surface area (Å²) in [5.41, 5.74) is 2.83. The van der Waals surface area contributed by atoms with E-state index in [1.54, 1.807) is 19.2 Å². The molecule has 0 unspecified atom stereocenters. The Kier molecular flexibility index (Phi) is 6.98. The molecule has 2 fully saturated rings. The van der Waals surface area contributed by atoms with Gasteiger partial charge in [0.05, 0.1) is 7.11 Å². The van der Waals surface area contributed by atoms with E-state index in [9.17, 15) is 4.79 Å². The molecule has 36 heavy (non-hydrogen) atoms. The Morgan fingerprint density at radius 1 is 1.17 bits per heavy atom. The summed E-state index contributed by atoms with van der Waals surface area (Å²) >= 11 is 0. The fourth-order valence-corrected chi connectivity index (χ4v) is 5.98. The minimum absolute atomic E-state index is 0.0260. The number of hydrogen-bond acceptors (Lipinski definition) is 5. The van der Waals surface area contributed by atoms with Gasteiger partial charge in [-0.05, 0) is 49.8 Å². The third-order valence-electron chi connectivity index (χ3n) is 7.52. The monoisotopic (exact) mass is 490 g/mol. The Hall–Kier alpha value is -2.99. The highest BCUT2D eigenvalue weighted by molar-refractivity contribution is 5.96. The molecule has 0 radical (unpaired) electrons. The van der Waals surface area contributed by atoms with E-state index in [1.165, 1.54) is 25.7 Å². The highest BCUT2D eigenvalue weighted by atomic mass is 16.7. The van der Waals surface area contributed by atoms with E-state index in [2.05, 4.69) is 30.4 Å². The molecule has 6 nitrogen and oxygen atoms in total. The fraction of sp³-hybridized carbons (Fsp3) is 0.500. The van der Waals surface area contributed by atoms with Crippen LogP contribution in [0.25, 0.3) is 6.08 Å². The predicted octanol–water partition coefficient (Wildman–Crippen LogP) is 5.67. The molecular formula is C30H38N2O4. The zero-order valence-electron chi connectivity index (χ0n) is 21.9. The molecule has 5 rings (SSSR count). The largest absolute Gasteiger partial charge is 0.493 e. The maximum atomic E-state index is 14.0. The van der Waals surface area contributed by atoms with Crippen molar-refractivity contribution in [3.63, 3.8) is 0 Å². The topological polar surface area (TPSA) is 60.0 Å². The Morgan fingerprint density at radius 2 is 1.94 bits per heavy atom. The van der Waals surface area contributed by atoms with Crippen molar-refractivity contribution in [1.82, 2.24) is 10.2 Å². The van der Waals surface area contributed by atoms with E-state index in [-0.39, 0.29) is 5.91 Å². The van der Waals surface area contributed by atoms with Gasteiger partial charge < -0.3 is 24.4 Å². The molecule has 1 saturated heterocycles. The summed E-state index contributed by atoms with van der Waals surface area (Å²) in [5, 5.41) is 3.84. The molecule has 2 aromatic rings. The van der Waals surface area contributed by atoms with Crippen molar-refractivity contribution in [2.45, 2.75) is 70.7 Å². The average molecular weight is 491 g/mol. The van der Waals surface area contributed by atoms with Crippen LogP contribution in [0.4, 0.5) is 0 Å². The van der Waals surface area contributed by atoms with Gasteiger partial charge in [0.1, 0.15) is 0 Å². The SMILES string of the molecule is COc1cc(C(=O)N(C/C(C)=C/c2ccccc2)C[C@@H]2C[C@@H]3CCCC[C@@H]3N2)cc2c1OC(C)(C)O2. The van der Waals surface area contributed by atoms with Gasteiger partial charge in [0, 0.05) is 44.6 Å². The van der Waals surface area contributed by atoms with Gasteiger partial charge in [0.25, 0.3) is 5.91 Å². The molecular weight excluding hydrogens is 452 g/mol. The fourth-order valence-electron chi connectivity index (χ4n) is 5.98. The first-order valence-electron chi connectivity index (χ1n) is 13.2. The van der Waals surface area contributed by atoms with Crippen LogP contribution < -0.4 is 19.5 Å². The van der Waals surface area contributed by atoms with Crippen LogP contribution in [0.2, 0.25) is 0 Å². The Morgan fingerprint density at radius 3 is 2.69 bits per heavy atom. The van der Waals surface area contributed by atoms with Crippen molar-refractivity contribution >= 4 is 12.0 Å². The number of fused-ring (bicyclic) bond motifs is 2. The number of nitrogens with one attached hydrogen (secondary N) is 1. The van der Waals surface area contributed by atoms with Gasteiger partial charge in [0.2, 0.25) is 11.5 Å². The van der Waals surface area contributed by atoms with E-state index >= 15 is 0 Å². The van der Waals surface area contributed by atoms with E-state index in [0.717, 1.165) is 23.5 Å². The normalized spacial score (nSPS) is 24.3. The molecule has 0 spiro atoms. The Balaban J connectivity index is 1.41. The zero-order valence-corrected chi connectivity index (χ0v) is 21.9. The number of amides is 1. The van der Waals surface area contributed by atoms with Crippen molar-refractivity contribution in [2.75, 3.05) is 20.2 Å². The lowest BCUT2D eigenvalue weighted by Gasteiger charge is -2.27. The highest BCUT2D eigenvalue weighted by Crippen LogP contribution is 2.47. The summed E-state index contributed by atoms with van der Waals surface area (Å²) < 4.78 is 17.5. The van der Waals surface area contributed by atoms with Gasteiger partial charge in [-0.1, -0.05) is 54.8 Å². The summed E-state index contributed by atoms with van der Waals surface area (Å²) in [6, 6.07) is 14.7. The van der Waals surface area contributed by atoms with Crippen LogP contribution in [-0.2, 0) is 0 Å². The molecule has 0 bridgehead atoms. The van der Waals surface area contributed by atoms with Crippen LogP contribution in [0.3, 0.4) is 0 Å². The van der Waals surface area contributed by atoms with Gasteiger partial charge in [-0.15, -0.1) is 0 Å². The summed E-state index contributed by atoms with van der Waals surface area (Å²) in [4.78, 5) is 16.0. The lowest BCUT2D eigenvalue weighted by atomic mass is 9.85. The first-order valence-corrected chi connectivity index (χ1v) is 13.2. The van der Waals surface area contributed by atoms with Gasteiger partial charge in [-0.25, -0.2) is 0 Å². The van der Waals surface area contributed by atoms with Crippen molar-refractivity contribution < 1.29 is 19.0 Å². The van der Waals surface area contributed by atoms with Gasteiger partial charge in [-0.2, -0.15) is 0 Å². The maximum absolute atomic E-state index is 14.0. The van der Waals surface area contributed by atoms with Crippen LogP contribution in [0.1, 0.15) is 68.8 Å². The van der Waals surface area contributed by atoms with Crippen LogP contribution in [0, 0.1) is 5.92 Å². The molecule has 0 aromatic heterocycles. The molecule has 6 heteroatoms. The minimum Gasteiger partial charge on any atom is -0.493 e. The molecule has 1 N–H and O–H groups in total. The number of benzene rings is 2. The summed E-state index contributed by atoms with van der Waals surface area (Å²) in [7, 11) is 1.59. The number of carbonyl (C=O) groups excluding carboxylic acids is 1. The van der Waals surface area contributed by atoms with E-state index in [4.69, 9.17) is 14.2 Å². The lowest BCUT2D eigenvalue weighted by Crippen LogP contribution is -2.43. The van der Waals surface area contributed by atoms with Crippen LogP contribution in [0.15, 0.2) is 48.0 Å². The van der Waals surface area contributed by atoms with E-state index in [1.807, 2.05) is 36.9 Å². The van der Waals surface area contributed by atoms with Crippen molar-refractivity contribution in [2.24, 2.45) is 5.92 Å². The first kappa shape index (κ1) is 24.7. The Labute approximate surface area is 214 Å². The number of nitrogens with zero attached hydrogens (tertiary/aromatic N) is 1. The van der Waals surface area contributed by atoms with Crippen LogP contribution in [0.5, 0.6) is 17.2 Å². The van der Waals surface area contributed by atoms with Gasteiger partial charge in [0.15, 0.2) is 11.5 Å². The van der Waals surface area contributed by atoms with E-state index in [0.29, 0.717) is 48.0 Å². The van der Waals surface area contributed by atoms with Crippen LogP contribution >= 0.6 is 0 Å². The van der Waals surface area contributed by atoms with Gasteiger partial charge >= 0.3 is 0 Å². The van der Waals surface area contributed by atoms with Crippen molar-refractivity contribution in [1.29, 1.82) is 0 Å². The molecule has 1 saturated carbocycles. The summed E-state index contributed by atoms with van der Waals surface area (Å²) in [5.74, 6) is 1.52.